The average Bonchev–Trinajstić information content (AvgIpc) is 3.91. The Morgan fingerprint density at radius 2 is 0.961 bits per heavy atom. The van der Waals surface area contributed by atoms with Gasteiger partial charge in [-0.05, 0) is 115 Å². The highest BCUT2D eigenvalue weighted by Crippen LogP contribution is 2.65. The van der Waals surface area contributed by atoms with Gasteiger partial charge in [0.25, 0.3) is 0 Å². The van der Waals surface area contributed by atoms with Gasteiger partial charge in [-0.2, -0.15) is 0 Å². The van der Waals surface area contributed by atoms with E-state index in [-0.39, 0.29) is 0 Å². The lowest BCUT2D eigenvalue weighted by Crippen LogP contribution is -2.25. The van der Waals surface area contributed by atoms with Gasteiger partial charge in [-0.1, -0.05) is 146 Å². The lowest BCUT2D eigenvalue weighted by Gasteiger charge is -2.30. The molecule has 1 nitrogen and oxygen atoms in total. The fraction of sp³-hybridized carbons (Fsp3) is 0.0400. The molecule has 8 aromatic carbocycles. The van der Waals surface area contributed by atoms with Gasteiger partial charge in [-0.25, -0.2) is 0 Å². The van der Waals surface area contributed by atoms with Crippen LogP contribution in [0.3, 0.4) is 0 Å². The second kappa shape index (κ2) is 9.84. The zero-order valence-electron chi connectivity index (χ0n) is 27.9. The van der Waals surface area contributed by atoms with E-state index < -0.39 is 5.41 Å². The highest BCUT2D eigenvalue weighted by atomic mass is 15.0. The van der Waals surface area contributed by atoms with Crippen LogP contribution in [0.5, 0.6) is 0 Å². The van der Waals surface area contributed by atoms with Crippen molar-refractivity contribution in [3.8, 4) is 50.2 Å². The van der Waals surface area contributed by atoms with Crippen LogP contribution in [-0.4, -0.2) is 4.57 Å². The number of benzene rings is 8. The van der Waals surface area contributed by atoms with Crippen molar-refractivity contribution in [1.82, 2.24) is 4.57 Å². The number of hydrogen-bond acceptors (Lipinski definition) is 0. The molecule has 236 valence electrons. The Balaban J connectivity index is 1.25. The first-order valence-corrected chi connectivity index (χ1v) is 18.0. The fourth-order valence-electron chi connectivity index (χ4n) is 10.1. The van der Waals surface area contributed by atoms with Gasteiger partial charge in [0.1, 0.15) is 0 Å². The highest BCUT2D eigenvalue weighted by molar-refractivity contribution is 6.13. The molecule has 0 unspecified atom stereocenters. The zero-order valence-corrected chi connectivity index (χ0v) is 27.9. The van der Waals surface area contributed by atoms with Crippen molar-refractivity contribution in [1.29, 1.82) is 0 Å². The van der Waals surface area contributed by atoms with Crippen LogP contribution < -0.4 is 0 Å². The first kappa shape index (κ1) is 27.4. The van der Waals surface area contributed by atoms with Crippen molar-refractivity contribution in [2.24, 2.45) is 0 Å². The van der Waals surface area contributed by atoms with Crippen molar-refractivity contribution >= 4 is 21.8 Å². The van der Waals surface area contributed by atoms with Gasteiger partial charge in [-0.3, -0.25) is 0 Å². The number of rotatable bonds is 2. The number of aromatic nitrogens is 1. The monoisotopic (exact) mass is 645 g/mol. The lowest BCUT2D eigenvalue weighted by molar-refractivity contribution is 0.795. The van der Waals surface area contributed by atoms with Crippen molar-refractivity contribution in [3.05, 3.63) is 209 Å². The molecule has 0 amide bonds. The normalized spacial score (nSPS) is 14.0. The summed E-state index contributed by atoms with van der Waals surface area (Å²) < 4.78 is 2.46. The Morgan fingerprint density at radius 3 is 1.76 bits per heavy atom. The summed E-state index contributed by atoms with van der Waals surface area (Å²) >= 11 is 0. The minimum atomic E-state index is -0.432. The van der Waals surface area contributed by atoms with Crippen molar-refractivity contribution in [3.63, 3.8) is 0 Å². The van der Waals surface area contributed by atoms with Crippen molar-refractivity contribution < 1.29 is 0 Å². The summed E-state index contributed by atoms with van der Waals surface area (Å²) in [6, 6.07) is 66.1. The molecule has 0 fully saturated rings. The Bertz CT molecular complexity index is 2900. The van der Waals surface area contributed by atoms with E-state index in [1.807, 2.05) is 0 Å². The summed E-state index contributed by atoms with van der Waals surface area (Å²) in [5.41, 5.74) is 22.3. The van der Waals surface area contributed by atoms with E-state index in [9.17, 15) is 0 Å². The van der Waals surface area contributed by atoms with E-state index in [1.54, 1.807) is 0 Å². The van der Waals surface area contributed by atoms with Gasteiger partial charge in [0.15, 0.2) is 0 Å². The van der Waals surface area contributed by atoms with Crippen LogP contribution in [0.2, 0.25) is 0 Å². The third kappa shape index (κ3) is 3.36. The molecule has 0 saturated heterocycles. The van der Waals surface area contributed by atoms with Gasteiger partial charge < -0.3 is 4.57 Å². The quantitative estimate of drug-likeness (QED) is 0.176. The van der Waals surface area contributed by atoms with E-state index in [0.29, 0.717) is 0 Å². The fourth-order valence-corrected chi connectivity index (χ4v) is 10.1. The zero-order chi connectivity index (χ0) is 33.3. The van der Waals surface area contributed by atoms with Crippen molar-refractivity contribution in [2.45, 2.75) is 11.8 Å². The van der Waals surface area contributed by atoms with E-state index in [1.165, 1.54) is 105 Å². The van der Waals surface area contributed by atoms with Crippen molar-refractivity contribution in [2.75, 3.05) is 0 Å². The Labute approximate surface area is 296 Å². The van der Waals surface area contributed by atoms with Crippen LogP contribution in [-0.2, 0) is 11.8 Å². The van der Waals surface area contributed by atoms with Crippen LogP contribution in [0, 0.1) is 0 Å². The van der Waals surface area contributed by atoms with Crippen LogP contribution >= 0.6 is 0 Å². The number of para-hydroxylation sites is 2. The maximum Gasteiger partial charge on any atom is 0.0726 e. The summed E-state index contributed by atoms with van der Waals surface area (Å²) in [6.45, 7) is 0. The first-order chi connectivity index (χ1) is 25.3. The van der Waals surface area contributed by atoms with E-state index in [2.05, 4.69) is 180 Å². The van der Waals surface area contributed by atoms with Crippen LogP contribution in [0.1, 0.15) is 33.4 Å². The van der Waals surface area contributed by atoms with E-state index >= 15 is 0 Å². The number of nitrogens with zero attached hydrogens (tertiary/aromatic N) is 1. The summed E-state index contributed by atoms with van der Waals surface area (Å²) in [6.07, 6.45) is 0.955. The predicted octanol–water partition coefficient (Wildman–Crippen LogP) is 12.4. The molecule has 12 rings (SSSR count). The van der Waals surface area contributed by atoms with Gasteiger partial charge in [0.2, 0.25) is 0 Å². The maximum absolute atomic E-state index is 2.56. The Kier molecular flexibility index (Phi) is 5.28. The summed E-state index contributed by atoms with van der Waals surface area (Å²) in [5, 5.41) is 2.57. The smallest absolute Gasteiger partial charge is 0.0726 e. The Morgan fingerprint density at radius 1 is 0.373 bits per heavy atom. The summed E-state index contributed by atoms with van der Waals surface area (Å²) in [4.78, 5) is 0. The second-order valence-corrected chi connectivity index (χ2v) is 14.3. The molecule has 1 aromatic heterocycles. The molecule has 1 heterocycles. The third-order valence-electron chi connectivity index (χ3n) is 12.1. The Hall–Kier alpha value is -6.44. The average molecular weight is 646 g/mol. The van der Waals surface area contributed by atoms with Gasteiger partial charge in [0, 0.05) is 16.5 Å². The van der Waals surface area contributed by atoms with Gasteiger partial charge >= 0.3 is 0 Å². The highest BCUT2D eigenvalue weighted by Gasteiger charge is 2.52. The molecular weight excluding hydrogens is 615 g/mol. The first-order valence-electron chi connectivity index (χ1n) is 18.0. The predicted molar refractivity (Wildman–Crippen MR) is 211 cm³/mol. The molecule has 0 N–H and O–H groups in total. The van der Waals surface area contributed by atoms with E-state index in [4.69, 9.17) is 0 Å². The molecule has 0 saturated carbocycles. The molecule has 0 radical (unpaired) electrons. The number of fused-ring (bicyclic) bond motifs is 16. The molecule has 3 aliphatic carbocycles. The van der Waals surface area contributed by atoms with Crippen LogP contribution in [0.15, 0.2) is 176 Å². The molecule has 0 bridgehead atoms. The molecule has 1 heteroatoms. The lowest BCUT2D eigenvalue weighted by atomic mass is 9.70. The summed E-state index contributed by atoms with van der Waals surface area (Å²) in [7, 11) is 0. The largest absolute Gasteiger partial charge is 0.309 e. The molecule has 1 spiro atoms. The molecule has 3 aliphatic rings. The van der Waals surface area contributed by atoms with Crippen LogP contribution in [0.25, 0.3) is 72.0 Å². The number of hydrogen-bond donors (Lipinski definition) is 0. The van der Waals surface area contributed by atoms with E-state index in [0.717, 1.165) is 6.42 Å². The topological polar surface area (TPSA) is 4.93 Å². The molecule has 51 heavy (non-hydrogen) atoms. The minimum absolute atomic E-state index is 0.432. The molecule has 9 aromatic rings. The second-order valence-electron chi connectivity index (χ2n) is 14.3. The van der Waals surface area contributed by atoms with Gasteiger partial charge in [-0.15, -0.1) is 0 Å². The van der Waals surface area contributed by atoms with Gasteiger partial charge in [0.05, 0.1) is 16.4 Å². The molecular formula is C50H31N. The maximum atomic E-state index is 2.56. The third-order valence-corrected chi connectivity index (χ3v) is 12.1. The molecule has 0 aliphatic heterocycles. The summed E-state index contributed by atoms with van der Waals surface area (Å²) in [5.74, 6) is 0. The SMILES string of the molecule is c1ccc(-n2c3ccccc3c3cc4c(cc32)-c2c(-c3cccc5c3Cc3ccccc3-5)cccc2C42c3ccccc3-c3ccccc32)cc1. The molecule has 0 atom stereocenters. The van der Waals surface area contributed by atoms with Crippen LogP contribution in [0.4, 0.5) is 0 Å². The standard InChI is InChI=1S/C50H31N/c1-2-15-32(16-3-1)51-47-27-11-8-20-38(47)41-29-46-42(30-48(41)51)49-39(35-22-12-21-34-33-17-5-4-14-31(33)28-40(34)35)23-13-26-45(49)50(46)43-24-9-6-18-36(43)37-19-7-10-25-44(37)50/h1-27,29-30H,28H2. The minimum Gasteiger partial charge on any atom is -0.309 e.